The predicted octanol–water partition coefficient (Wildman–Crippen LogP) is 2.87. The van der Waals surface area contributed by atoms with Gasteiger partial charge < -0.3 is 11.1 Å². The molecular formula is C14H11F3N2O. The number of rotatable bonds is 3. The Morgan fingerprint density at radius 1 is 1.05 bits per heavy atom. The second kappa shape index (κ2) is 5.64. The molecule has 0 fully saturated rings. The number of nitrogen functional groups attached to an aromatic ring is 1. The van der Waals surface area contributed by atoms with E-state index < -0.39 is 29.0 Å². The average Bonchev–Trinajstić information content (AvgIpc) is 2.42. The van der Waals surface area contributed by atoms with Gasteiger partial charge in [0.1, 0.15) is 5.82 Å². The van der Waals surface area contributed by atoms with E-state index in [9.17, 15) is 18.0 Å². The van der Waals surface area contributed by atoms with Crippen LogP contribution in [0.15, 0.2) is 36.4 Å². The largest absolute Gasteiger partial charge is 0.395 e. The number of benzene rings is 2. The van der Waals surface area contributed by atoms with Gasteiger partial charge in [0.15, 0.2) is 11.6 Å². The monoisotopic (exact) mass is 280 g/mol. The first-order valence-electron chi connectivity index (χ1n) is 5.75. The average molecular weight is 280 g/mol. The molecule has 104 valence electrons. The number of amides is 1. The van der Waals surface area contributed by atoms with Crippen molar-refractivity contribution in [1.29, 1.82) is 0 Å². The Morgan fingerprint density at radius 3 is 2.45 bits per heavy atom. The molecule has 0 heterocycles. The molecule has 0 aliphatic rings. The number of halogens is 3. The molecule has 0 aliphatic heterocycles. The van der Waals surface area contributed by atoms with Gasteiger partial charge in [-0.05, 0) is 23.8 Å². The van der Waals surface area contributed by atoms with E-state index in [1.807, 2.05) is 0 Å². The lowest BCUT2D eigenvalue weighted by atomic mass is 10.1. The summed E-state index contributed by atoms with van der Waals surface area (Å²) in [4.78, 5) is 11.7. The topological polar surface area (TPSA) is 55.1 Å². The molecule has 0 radical (unpaired) electrons. The van der Waals surface area contributed by atoms with Crippen LogP contribution in [-0.2, 0) is 11.2 Å². The van der Waals surface area contributed by atoms with E-state index in [0.29, 0.717) is 0 Å². The number of nitrogens with two attached hydrogens (primary N) is 1. The van der Waals surface area contributed by atoms with E-state index in [2.05, 4.69) is 5.32 Å². The highest BCUT2D eigenvalue weighted by Crippen LogP contribution is 2.24. The molecule has 3 N–H and O–H groups in total. The number of anilines is 2. The Hall–Kier alpha value is -2.50. The van der Waals surface area contributed by atoms with Crippen LogP contribution in [0.3, 0.4) is 0 Å². The Morgan fingerprint density at radius 2 is 1.75 bits per heavy atom. The fraction of sp³-hybridized carbons (Fsp3) is 0.0714. The summed E-state index contributed by atoms with van der Waals surface area (Å²) in [5.41, 5.74) is 5.01. The van der Waals surface area contributed by atoms with E-state index in [1.165, 1.54) is 18.2 Å². The van der Waals surface area contributed by atoms with Crippen molar-refractivity contribution in [2.24, 2.45) is 0 Å². The summed E-state index contributed by atoms with van der Waals surface area (Å²) in [6, 6.07) is 7.79. The molecule has 0 atom stereocenters. The molecule has 6 heteroatoms. The van der Waals surface area contributed by atoms with Crippen molar-refractivity contribution in [3.05, 3.63) is 59.4 Å². The molecule has 2 aromatic carbocycles. The lowest BCUT2D eigenvalue weighted by Gasteiger charge is -2.09. The van der Waals surface area contributed by atoms with Crippen molar-refractivity contribution < 1.29 is 18.0 Å². The first-order chi connectivity index (χ1) is 9.49. The molecule has 0 unspecified atom stereocenters. The summed E-state index contributed by atoms with van der Waals surface area (Å²) in [7, 11) is 0. The van der Waals surface area contributed by atoms with E-state index >= 15 is 0 Å². The molecule has 0 bridgehead atoms. The van der Waals surface area contributed by atoms with Gasteiger partial charge >= 0.3 is 0 Å². The van der Waals surface area contributed by atoms with Gasteiger partial charge in [0.05, 0.1) is 17.8 Å². The summed E-state index contributed by atoms with van der Waals surface area (Å²) in [5.74, 6) is -3.42. The number of carbonyl (C=O) groups excluding carboxylic acids is 1. The van der Waals surface area contributed by atoms with Gasteiger partial charge in [-0.1, -0.05) is 18.2 Å². The van der Waals surface area contributed by atoms with Crippen molar-refractivity contribution >= 4 is 17.3 Å². The van der Waals surface area contributed by atoms with E-state index in [4.69, 9.17) is 5.73 Å². The number of hydrogen-bond donors (Lipinski definition) is 2. The molecule has 0 aliphatic carbocycles. The Labute approximate surface area is 113 Å². The number of hydrogen-bond acceptors (Lipinski definition) is 2. The van der Waals surface area contributed by atoms with Gasteiger partial charge in [-0.3, -0.25) is 4.79 Å². The van der Waals surface area contributed by atoms with Gasteiger partial charge in [0.25, 0.3) is 0 Å². The van der Waals surface area contributed by atoms with Crippen molar-refractivity contribution in [3.63, 3.8) is 0 Å². The Balaban J connectivity index is 2.13. The minimum Gasteiger partial charge on any atom is -0.395 e. The molecule has 0 saturated carbocycles. The molecule has 0 spiro atoms. The Bertz CT molecular complexity index is 659. The van der Waals surface area contributed by atoms with Crippen LogP contribution < -0.4 is 11.1 Å². The van der Waals surface area contributed by atoms with E-state index in [1.54, 1.807) is 6.07 Å². The van der Waals surface area contributed by atoms with Crippen LogP contribution >= 0.6 is 0 Å². The van der Waals surface area contributed by atoms with Crippen LogP contribution in [0.2, 0.25) is 0 Å². The van der Waals surface area contributed by atoms with Crippen LogP contribution in [0.25, 0.3) is 0 Å². The maximum absolute atomic E-state index is 13.4. The van der Waals surface area contributed by atoms with Crippen molar-refractivity contribution in [3.8, 4) is 0 Å². The van der Waals surface area contributed by atoms with E-state index in [0.717, 1.165) is 12.1 Å². The van der Waals surface area contributed by atoms with Crippen molar-refractivity contribution in [2.75, 3.05) is 11.1 Å². The summed E-state index contributed by atoms with van der Waals surface area (Å²) in [6.07, 6.45) is -0.231. The van der Waals surface area contributed by atoms with Gasteiger partial charge in [0.2, 0.25) is 5.91 Å². The summed E-state index contributed by atoms with van der Waals surface area (Å²) >= 11 is 0. The zero-order valence-corrected chi connectivity index (χ0v) is 10.3. The molecule has 20 heavy (non-hydrogen) atoms. The van der Waals surface area contributed by atoms with Crippen LogP contribution in [0.5, 0.6) is 0 Å². The van der Waals surface area contributed by atoms with Gasteiger partial charge in [-0.2, -0.15) is 0 Å². The quantitative estimate of drug-likeness (QED) is 0.849. The van der Waals surface area contributed by atoms with Crippen LogP contribution in [0.1, 0.15) is 5.56 Å². The van der Waals surface area contributed by atoms with Crippen molar-refractivity contribution in [2.45, 2.75) is 6.42 Å². The maximum atomic E-state index is 13.4. The minimum absolute atomic E-state index is 0.0507. The van der Waals surface area contributed by atoms with Crippen LogP contribution in [0, 0.1) is 17.5 Å². The first-order valence-corrected chi connectivity index (χ1v) is 5.75. The molecule has 1 amide bonds. The molecule has 0 saturated heterocycles. The van der Waals surface area contributed by atoms with Gasteiger partial charge in [-0.25, -0.2) is 13.2 Å². The third-order valence-corrected chi connectivity index (χ3v) is 2.72. The van der Waals surface area contributed by atoms with E-state index in [-0.39, 0.29) is 17.7 Å². The van der Waals surface area contributed by atoms with Gasteiger partial charge in [0, 0.05) is 0 Å². The normalized spacial score (nSPS) is 10.3. The van der Waals surface area contributed by atoms with Crippen LogP contribution in [0.4, 0.5) is 24.5 Å². The van der Waals surface area contributed by atoms with Crippen LogP contribution in [-0.4, -0.2) is 5.91 Å². The number of nitrogens with one attached hydrogen (secondary N) is 1. The lowest BCUT2D eigenvalue weighted by Crippen LogP contribution is -2.16. The third kappa shape index (κ3) is 2.90. The second-order valence-corrected chi connectivity index (χ2v) is 4.14. The summed E-state index contributed by atoms with van der Waals surface area (Å²) in [5, 5.41) is 2.32. The third-order valence-electron chi connectivity index (χ3n) is 2.72. The number of carbonyl (C=O) groups is 1. The predicted molar refractivity (Wildman–Crippen MR) is 69.5 cm³/mol. The maximum Gasteiger partial charge on any atom is 0.228 e. The molecule has 2 rings (SSSR count). The molecule has 0 aromatic heterocycles. The summed E-state index contributed by atoms with van der Waals surface area (Å²) in [6.45, 7) is 0. The highest BCUT2D eigenvalue weighted by atomic mass is 19.2. The lowest BCUT2D eigenvalue weighted by molar-refractivity contribution is -0.115. The first kappa shape index (κ1) is 13.9. The fourth-order valence-electron chi connectivity index (χ4n) is 1.68. The van der Waals surface area contributed by atoms with Crippen molar-refractivity contribution in [1.82, 2.24) is 0 Å². The highest BCUT2D eigenvalue weighted by molar-refractivity contribution is 5.95. The SMILES string of the molecule is Nc1c(NC(=O)Cc2ccccc2F)ccc(F)c1F. The molecule has 2 aromatic rings. The standard InChI is InChI=1S/C14H11F3N2O/c15-9-4-2-1-3-8(9)7-12(20)19-11-6-5-10(16)13(17)14(11)18/h1-6H,7,18H2,(H,19,20). The second-order valence-electron chi connectivity index (χ2n) is 4.14. The highest BCUT2D eigenvalue weighted by Gasteiger charge is 2.13. The minimum atomic E-state index is -1.23. The molecule has 3 nitrogen and oxygen atoms in total. The van der Waals surface area contributed by atoms with Gasteiger partial charge in [-0.15, -0.1) is 0 Å². The zero-order valence-electron chi connectivity index (χ0n) is 10.3. The fourth-order valence-corrected chi connectivity index (χ4v) is 1.68. The summed E-state index contributed by atoms with van der Waals surface area (Å²) < 4.78 is 39.5. The molecular weight excluding hydrogens is 269 g/mol. The zero-order chi connectivity index (χ0) is 14.7. The smallest absolute Gasteiger partial charge is 0.228 e. The Kier molecular flexibility index (Phi) is 3.93.